The second kappa shape index (κ2) is 9.87. The average Bonchev–Trinajstić information content (AvgIpc) is 3.37. The van der Waals surface area contributed by atoms with Crippen LogP contribution < -0.4 is 5.32 Å². The van der Waals surface area contributed by atoms with Crippen LogP contribution in [0.4, 0.5) is 0 Å². The molecule has 1 aromatic carbocycles. The van der Waals surface area contributed by atoms with Gasteiger partial charge in [-0.05, 0) is 56.5 Å². The molecule has 0 radical (unpaired) electrons. The second-order valence-corrected chi connectivity index (χ2v) is 7.09. The Morgan fingerprint density at radius 3 is 2.60 bits per heavy atom. The number of ether oxygens (including phenoxy) is 1. The molecular formula is C22H27N5O3. The predicted octanol–water partition coefficient (Wildman–Crippen LogP) is 2.61. The van der Waals surface area contributed by atoms with Crippen LogP contribution in [-0.4, -0.2) is 44.9 Å². The largest absolute Gasteiger partial charge is 0.469 e. The van der Waals surface area contributed by atoms with Crippen LogP contribution in [0, 0.1) is 13.8 Å². The van der Waals surface area contributed by atoms with Gasteiger partial charge in [-0.1, -0.05) is 0 Å². The number of rotatable bonds is 9. The van der Waals surface area contributed by atoms with Gasteiger partial charge in [0.1, 0.15) is 0 Å². The monoisotopic (exact) mass is 409 g/mol. The number of amides is 1. The summed E-state index contributed by atoms with van der Waals surface area (Å²) in [4.78, 5) is 27.8. The lowest BCUT2D eigenvalue weighted by atomic mass is 10.1. The fraction of sp³-hybridized carbons (Fsp3) is 0.364. The van der Waals surface area contributed by atoms with E-state index in [9.17, 15) is 9.59 Å². The number of esters is 1. The van der Waals surface area contributed by atoms with Crippen molar-refractivity contribution in [3.8, 4) is 5.69 Å². The number of aromatic nitrogens is 4. The number of hydrogen-bond donors (Lipinski definition) is 1. The van der Waals surface area contributed by atoms with Gasteiger partial charge in [0, 0.05) is 43.2 Å². The van der Waals surface area contributed by atoms with Crippen LogP contribution in [0.15, 0.2) is 43.0 Å². The van der Waals surface area contributed by atoms with Crippen molar-refractivity contribution in [3.05, 3.63) is 65.5 Å². The molecule has 0 aliphatic heterocycles. The highest BCUT2D eigenvalue weighted by Gasteiger charge is 2.15. The SMILES string of the molecule is COC(=O)CCc1c(C)nn(-c2ccc(C(=O)NCCCn3ccnc3)cc2)c1C. The van der Waals surface area contributed by atoms with E-state index in [1.165, 1.54) is 7.11 Å². The standard InChI is InChI=1S/C22H27N5O3/c1-16-20(9-10-21(28)30-3)17(2)27(25-16)19-7-5-18(6-8-19)22(29)24-11-4-13-26-14-12-23-15-26/h5-8,12,14-15H,4,9-11,13H2,1-3H3,(H,24,29). The molecule has 0 bridgehead atoms. The molecule has 0 saturated carbocycles. The number of nitrogens with zero attached hydrogens (tertiary/aromatic N) is 4. The van der Waals surface area contributed by atoms with Gasteiger partial charge in [-0.15, -0.1) is 0 Å². The van der Waals surface area contributed by atoms with Crippen molar-refractivity contribution in [1.29, 1.82) is 0 Å². The molecule has 8 heteroatoms. The Bertz CT molecular complexity index is 991. The molecular weight excluding hydrogens is 382 g/mol. The summed E-state index contributed by atoms with van der Waals surface area (Å²) in [6.07, 6.45) is 7.15. The Hall–Kier alpha value is -3.42. The number of carbonyl (C=O) groups is 2. The van der Waals surface area contributed by atoms with E-state index >= 15 is 0 Å². The Labute approximate surface area is 175 Å². The van der Waals surface area contributed by atoms with Gasteiger partial charge in [-0.25, -0.2) is 9.67 Å². The second-order valence-electron chi connectivity index (χ2n) is 7.09. The third-order valence-electron chi connectivity index (χ3n) is 5.06. The summed E-state index contributed by atoms with van der Waals surface area (Å²) in [5.74, 6) is -0.332. The molecule has 1 N–H and O–H groups in total. The van der Waals surface area contributed by atoms with Crippen molar-refractivity contribution in [1.82, 2.24) is 24.6 Å². The molecule has 0 atom stereocenters. The molecule has 30 heavy (non-hydrogen) atoms. The van der Waals surface area contributed by atoms with Gasteiger partial charge in [0.05, 0.1) is 24.8 Å². The van der Waals surface area contributed by atoms with Crippen molar-refractivity contribution >= 4 is 11.9 Å². The maximum absolute atomic E-state index is 12.4. The number of aryl methyl sites for hydroxylation is 2. The zero-order valence-corrected chi connectivity index (χ0v) is 17.6. The van der Waals surface area contributed by atoms with Crippen molar-refractivity contribution in [2.45, 2.75) is 39.7 Å². The first-order chi connectivity index (χ1) is 14.5. The molecule has 0 fully saturated rings. The smallest absolute Gasteiger partial charge is 0.305 e. The molecule has 3 rings (SSSR count). The van der Waals surface area contributed by atoms with Crippen molar-refractivity contribution in [2.75, 3.05) is 13.7 Å². The summed E-state index contributed by atoms with van der Waals surface area (Å²) in [6.45, 7) is 5.32. The normalized spacial score (nSPS) is 10.8. The van der Waals surface area contributed by atoms with E-state index in [0.29, 0.717) is 24.9 Å². The van der Waals surface area contributed by atoms with Crippen LogP contribution >= 0.6 is 0 Å². The molecule has 0 unspecified atom stereocenters. The molecule has 158 valence electrons. The molecule has 3 aromatic rings. The third-order valence-corrected chi connectivity index (χ3v) is 5.06. The van der Waals surface area contributed by atoms with Gasteiger partial charge >= 0.3 is 5.97 Å². The Morgan fingerprint density at radius 1 is 1.17 bits per heavy atom. The minimum Gasteiger partial charge on any atom is -0.469 e. The highest BCUT2D eigenvalue weighted by Crippen LogP contribution is 2.20. The van der Waals surface area contributed by atoms with E-state index in [1.54, 1.807) is 24.7 Å². The zero-order chi connectivity index (χ0) is 21.5. The first kappa shape index (κ1) is 21.3. The molecule has 1 amide bonds. The summed E-state index contributed by atoms with van der Waals surface area (Å²) in [5.41, 5.74) is 4.38. The number of benzene rings is 1. The maximum Gasteiger partial charge on any atom is 0.305 e. The van der Waals surface area contributed by atoms with Crippen LogP contribution in [0.3, 0.4) is 0 Å². The number of carbonyl (C=O) groups excluding carboxylic acids is 2. The topological polar surface area (TPSA) is 91.0 Å². The Balaban J connectivity index is 1.59. The van der Waals surface area contributed by atoms with Crippen LogP contribution in [0.1, 0.15) is 40.2 Å². The summed E-state index contributed by atoms with van der Waals surface area (Å²) < 4.78 is 8.55. The molecule has 0 aliphatic carbocycles. The predicted molar refractivity (Wildman–Crippen MR) is 113 cm³/mol. The quantitative estimate of drug-likeness (QED) is 0.433. The lowest BCUT2D eigenvalue weighted by molar-refractivity contribution is -0.140. The van der Waals surface area contributed by atoms with Crippen LogP contribution in [0.2, 0.25) is 0 Å². The Kier molecular flexibility index (Phi) is 7.00. The Morgan fingerprint density at radius 2 is 1.93 bits per heavy atom. The summed E-state index contributed by atoms with van der Waals surface area (Å²) in [7, 11) is 1.39. The minimum absolute atomic E-state index is 0.0979. The fourth-order valence-electron chi connectivity index (χ4n) is 3.36. The number of imidazole rings is 1. The summed E-state index contributed by atoms with van der Waals surface area (Å²) in [5, 5.41) is 7.54. The lowest BCUT2D eigenvalue weighted by Crippen LogP contribution is -2.25. The van der Waals surface area contributed by atoms with Crippen LogP contribution in [0.5, 0.6) is 0 Å². The highest BCUT2D eigenvalue weighted by molar-refractivity contribution is 5.94. The minimum atomic E-state index is -0.234. The van der Waals surface area contributed by atoms with Gasteiger partial charge in [-0.2, -0.15) is 5.10 Å². The van der Waals surface area contributed by atoms with Crippen molar-refractivity contribution in [2.24, 2.45) is 0 Å². The van der Waals surface area contributed by atoms with Gasteiger partial charge in [-0.3, -0.25) is 9.59 Å². The van der Waals surface area contributed by atoms with E-state index in [-0.39, 0.29) is 11.9 Å². The van der Waals surface area contributed by atoms with Gasteiger partial charge in [0.15, 0.2) is 0 Å². The lowest BCUT2D eigenvalue weighted by Gasteiger charge is -2.08. The third kappa shape index (κ3) is 5.14. The molecule has 0 spiro atoms. The average molecular weight is 409 g/mol. The number of nitrogens with one attached hydrogen (secondary N) is 1. The van der Waals surface area contributed by atoms with Gasteiger partial charge in [0.2, 0.25) is 0 Å². The van der Waals surface area contributed by atoms with E-state index < -0.39 is 0 Å². The van der Waals surface area contributed by atoms with E-state index in [1.807, 2.05) is 41.4 Å². The molecule has 2 heterocycles. The van der Waals surface area contributed by atoms with E-state index in [4.69, 9.17) is 4.74 Å². The molecule has 8 nitrogen and oxygen atoms in total. The zero-order valence-electron chi connectivity index (χ0n) is 17.6. The van der Waals surface area contributed by atoms with Crippen LogP contribution in [-0.2, 0) is 22.5 Å². The molecule has 2 aromatic heterocycles. The molecule has 0 saturated heterocycles. The number of hydrogen-bond acceptors (Lipinski definition) is 5. The van der Waals surface area contributed by atoms with Gasteiger partial charge in [0.25, 0.3) is 5.91 Å². The number of methoxy groups -OCH3 is 1. The van der Waals surface area contributed by atoms with Crippen molar-refractivity contribution in [3.63, 3.8) is 0 Å². The fourth-order valence-corrected chi connectivity index (χ4v) is 3.36. The summed E-state index contributed by atoms with van der Waals surface area (Å²) >= 11 is 0. The summed E-state index contributed by atoms with van der Waals surface area (Å²) in [6, 6.07) is 7.35. The maximum atomic E-state index is 12.4. The van der Waals surface area contributed by atoms with Gasteiger partial charge < -0.3 is 14.6 Å². The first-order valence-corrected chi connectivity index (χ1v) is 9.96. The van der Waals surface area contributed by atoms with E-state index in [2.05, 4.69) is 15.4 Å². The van der Waals surface area contributed by atoms with Crippen LogP contribution in [0.25, 0.3) is 5.69 Å². The molecule has 0 aliphatic rings. The van der Waals surface area contributed by atoms with Crippen molar-refractivity contribution < 1.29 is 14.3 Å². The first-order valence-electron chi connectivity index (χ1n) is 9.96. The van der Waals surface area contributed by atoms with E-state index in [0.717, 1.165) is 35.6 Å². The highest BCUT2D eigenvalue weighted by atomic mass is 16.5.